The lowest BCUT2D eigenvalue weighted by Crippen LogP contribution is -2.30. The van der Waals surface area contributed by atoms with Gasteiger partial charge in [0, 0.05) is 5.69 Å². The third-order valence-electron chi connectivity index (χ3n) is 4.54. The summed E-state index contributed by atoms with van der Waals surface area (Å²) in [5.74, 6) is 0.687. The summed E-state index contributed by atoms with van der Waals surface area (Å²) in [6.07, 6.45) is 7.11. The van der Waals surface area contributed by atoms with Crippen LogP contribution in [0.2, 0.25) is 0 Å². The number of halogens is 1. The maximum absolute atomic E-state index is 12.5. The summed E-state index contributed by atoms with van der Waals surface area (Å²) in [4.78, 5) is 13.1. The number of rotatable bonds is 9. The fraction of sp³-hybridized carbons (Fsp3) is 0.208. The fourth-order valence-electron chi connectivity index (χ4n) is 3.07. The van der Waals surface area contributed by atoms with Gasteiger partial charge in [-0.25, -0.2) is 0 Å². The molecule has 3 rings (SSSR count). The van der Waals surface area contributed by atoms with E-state index < -0.39 is 0 Å². The van der Waals surface area contributed by atoms with E-state index >= 15 is 0 Å². The van der Waals surface area contributed by atoms with E-state index in [1.807, 2.05) is 36.4 Å². The molecule has 1 heterocycles. The van der Waals surface area contributed by atoms with Crippen molar-refractivity contribution in [1.82, 2.24) is 5.32 Å². The van der Waals surface area contributed by atoms with Gasteiger partial charge >= 0.3 is 0 Å². The molecule has 4 nitrogen and oxygen atoms in total. The lowest BCUT2D eigenvalue weighted by Gasteiger charge is -2.13. The zero-order valence-electron chi connectivity index (χ0n) is 16.9. The Morgan fingerprint density at radius 2 is 2.00 bits per heavy atom. The van der Waals surface area contributed by atoms with E-state index in [1.54, 1.807) is 6.08 Å². The predicted octanol–water partition coefficient (Wildman–Crippen LogP) is 5.90. The largest absolute Gasteiger partial charge is 0.488 e. The van der Waals surface area contributed by atoms with Gasteiger partial charge in [-0.05, 0) is 75.8 Å². The first kappa shape index (κ1) is 22.2. The lowest BCUT2D eigenvalue weighted by atomic mass is 10.1. The zero-order valence-corrected chi connectivity index (χ0v) is 19.3. The van der Waals surface area contributed by atoms with Crippen molar-refractivity contribution < 1.29 is 9.53 Å². The Kier molecular flexibility index (Phi) is 7.82. The predicted molar refractivity (Wildman–Crippen MR) is 131 cm³/mol. The quantitative estimate of drug-likeness (QED) is 0.343. The molecular formula is C24H25BrN2O2S. The smallest absolute Gasteiger partial charge is 0.260 e. The standard InChI is InChI=1S/C24H25BrN2O2S/c1-4-7-18-13-17(14-20(25)22(18)29-12-5-2)15-21-23(28)27-24(30-21)26-19-10-8-16(6-3)9-11-19/h4-5,8-11,13-15,24,26H,1-2,6-7,12H2,3H3,(H,27,28)/b21-15-/t24-/m0/s1. The Morgan fingerprint density at radius 3 is 2.67 bits per heavy atom. The van der Waals surface area contributed by atoms with Gasteiger partial charge in [-0.2, -0.15) is 0 Å². The average molecular weight is 485 g/mol. The summed E-state index contributed by atoms with van der Waals surface area (Å²) in [5, 5.41) is 6.33. The van der Waals surface area contributed by atoms with Gasteiger partial charge in [0.15, 0.2) is 5.50 Å². The van der Waals surface area contributed by atoms with Crippen LogP contribution in [-0.2, 0) is 17.6 Å². The monoisotopic (exact) mass is 484 g/mol. The molecule has 1 amide bonds. The van der Waals surface area contributed by atoms with E-state index in [2.05, 4.69) is 58.8 Å². The van der Waals surface area contributed by atoms with Gasteiger partial charge in [0.05, 0.1) is 9.38 Å². The lowest BCUT2D eigenvalue weighted by molar-refractivity contribution is -0.116. The minimum atomic E-state index is -0.206. The van der Waals surface area contributed by atoms with Crippen molar-refractivity contribution >= 4 is 45.4 Å². The Morgan fingerprint density at radius 1 is 1.23 bits per heavy atom. The van der Waals surface area contributed by atoms with Crippen molar-refractivity contribution in [2.24, 2.45) is 0 Å². The molecule has 1 atom stereocenters. The second kappa shape index (κ2) is 10.5. The summed E-state index contributed by atoms with van der Waals surface area (Å²) in [7, 11) is 0. The maximum Gasteiger partial charge on any atom is 0.260 e. The van der Waals surface area contributed by atoms with Crippen molar-refractivity contribution in [1.29, 1.82) is 0 Å². The summed E-state index contributed by atoms with van der Waals surface area (Å²) >= 11 is 5.06. The van der Waals surface area contributed by atoms with Crippen molar-refractivity contribution in [3.63, 3.8) is 0 Å². The normalized spacial score (nSPS) is 16.9. The maximum atomic E-state index is 12.5. The first-order valence-corrected chi connectivity index (χ1v) is 11.4. The summed E-state index contributed by atoms with van der Waals surface area (Å²) in [6.45, 7) is 10.1. The zero-order chi connectivity index (χ0) is 21.5. The molecule has 30 heavy (non-hydrogen) atoms. The number of carbonyl (C=O) groups excluding carboxylic acids is 1. The number of carbonyl (C=O) groups is 1. The molecule has 2 N–H and O–H groups in total. The van der Waals surface area contributed by atoms with Crippen LogP contribution >= 0.6 is 27.7 Å². The van der Waals surface area contributed by atoms with Crippen LogP contribution in [0.4, 0.5) is 5.69 Å². The van der Waals surface area contributed by atoms with Crippen LogP contribution in [0.15, 0.2) is 71.1 Å². The van der Waals surface area contributed by atoms with Gasteiger partial charge in [-0.1, -0.05) is 49.5 Å². The van der Waals surface area contributed by atoms with Crippen molar-refractivity contribution in [3.8, 4) is 5.75 Å². The van der Waals surface area contributed by atoms with Gasteiger partial charge in [0.1, 0.15) is 12.4 Å². The minimum absolute atomic E-state index is 0.0870. The van der Waals surface area contributed by atoms with Gasteiger partial charge in [0.25, 0.3) is 5.91 Å². The summed E-state index contributed by atoms with van der Waals surface area (Å²) in [5.41, 5.74) is 3.98. The third kappa shape index (κ3) is 5.58. The number of aryl methyl sites for hydroxylation is 1. The number of nitrogens with one attached hydrogen (secondary N) is 2. The molecule has 0 spiro atoms. The number of hydrogen-bond acceptors (Lipinski definition) is 4. The molecule has 6 heteroatoms. The molecular weight excluding hydrogens is 460 g/mol. The van der Waals surface area contributed by atoms with Crippen LogP contribution in [0, 0.1) is 0 Å². The number of ether oxygens (including phenoxy) is 1. The number of benzene rings is 2. The van der Waals surface area contributed by atoms with Gasteiger partial charge < -0.3 is 15.4 Å². The number of thioether (sulfide) groups is 1. The van der Waals surface area contributed by atoms with Gasteiger partial charge in [-0.15, -0.1) is 6.58 Å². The van der Waals surface area contributed by atoms with Crippen molar-refractivity contribution in [3.05, 3.63) is 87.8 Å². The SMILES string of the molecule is C=CCOc1c(Br)cc(/C=C2\S[C@@H](Nc3ccc(CC)cc3)NC2=O)cc1CC=C. The van der Waals surface area contributed by atoms with Crippen LogP contribution in [0.5, 0.6) is 5.75 Å². The highest BCUT2D eigenvalue weighted by Crippen LogP contribution is 2.35. The average Bonchev–Trinajstić information content (AvgIpc) is 3.07. The number of hydrogen-bond donors (Lipinski definition) is 2. The Bertz CT molecular complexity index is 970. The number of amides is 1. The minimum Gasteiger partial charge on any atom is -0.488 e. The van der Waals surface area contributed by atoms with E-state index in [0.29, 0.717) is 17.9 Å². The molecule has 0 bridgehead atoms. The summed E-state index contributed by atoms with van der Waals surface area (Å²) in [6, 6.07) is 12.2. The molecule has 1 fully saturated rings. The molecule has 0 radical (unpaired) electrons. The van der Waals surface area contributed by atoms with Gasteiger partial charge in [-0.3, -0.25) is 4.79 Å². The number of allylic oxidation sites excluding steroid dienone is 1. The first-order chi connectivity index (χ1) is 14.5. The van der Waals surface area contributed by atoms with E-state index in [0.717, 1.165) is 33.5 Å². The molecule has 0 aromatic heterocycles. The van der Waals surface area contributed by atoms with E-state index in [-0.39, 0.29) is 11.4 Å². The van der Waals surface area contributed by atoms with Crippen LogP contribution < -0.4 is 15.4 Å². The highest BCUT2D eigenvalue weighted by atomic mass is 79.9. The Labute approximate surface area is 190 Å². The summed E-state index contributed by atoms with van der Waals surface area (Å²) < 4.78 is 6.63. The highest BCUT2D eigenvalue weighted by molar-refractivity contribution is 9.10. The second-order valence-corrected chi connectivity index (χ2v) is 8.76. The topological polar surface area (TPSA) is 50.4 Å². The highest BCUT2D eigenvalue weighted by Gasteiger charge is 2.27. The molecule has 2 aromatic carbocycles. The first-order valence-electron chi connectivity index (χ1n) is 9.75. The molecule has 0 unspecified atom stereocenters. The van der Waals surface area contributed by atoms with Crippen LogP contribution in [0.3, 0.4) is 0 Å². The number of anilines is 1. The molecule has 2 aromatic rings. The molecule has 1 saturated heterocycles. The van der Waals surface area contributed by atoms with Crippen LogP contribution in [0.1, 0.15) is 23.6 Å². The fourth-order valence-corrected chi connectivity index (χ4v) is 4.69. The van der Waals surface area contributed by atoms with Crippen molar-refractivity contribution in [2.75, 3.05) is 11.9 Å². The van der Waals surface area contributed by atoms with E-state index in [9.17, 15) is 4.79 Å². The van der Waals surface area contributed by atoms with E-state index in [4.69, 9.17) is 4.74 Å². The molecule has 0 saturated carbocycles. The van der Waals surface area contributed by atoms with Gasteiger partial charge in [0.2, 0.25) is 0 Å². The van der Waals surface area contributed by atoms with Crippen LogP contribution in [0.25, 0.3) is 6.08 Å². The van der Waals surface area contributed by atoms with Crippen molar-refractivity contribution in [2.45, 2.75) is 25.3 Å². The molecule has 1 aliphatic rings. The second-order valence-electron chi connectivity index (χ2n) is 6.76. The van der Waals surface area contributed by atoms with E-state index in [1.165, 1.54) is 17.3 Å². The molecule has 1 aliphatic heterocycles. The molecule has 156 valence electrons. The third-order valence-corrected chi connectivity index (χ3v) is 6.16. The van der Waals surface area contributed by atoms with Crippen LogP contribution in [-0.4, -0.2) is 18.0 Å². The Balaban J connectivity index is 1.77. The molecule has 0 aliphatic carbocycles. The Hall–Kier alpha value is -2.44.